The number of likely N-dealkylation sites (N-methyl/N-ethyl adjacent to an activating group) is 1. The molecule has 0 unspecified atom stereocenters. The Balaban J connectivity index is 1.72. The lowest BCUT2D eigenvalue weighted by atomic mass is 10.1. The van der Waals surface area contributed by atoms with E-state index in [0.29, 0.717) is 6.04 Å². The molecule has 1 atom stereocenters. The van der Waals surface area contributed by atoms with Crippen LogP contribution in [0.5, 0.6) is 0 Å². The molecule has 0 spiro atoms. The molecule has 0 heterocycles. The minimum absolute atomic E-state index is 0.443. The lowest BCUT2D eigenvalue weighted by molar-refractivity contribution is 0.328. The zero-order valence-corrected chi connectivity index (χ0v) is 12.4. The van der Waals surface area contributed by atoms with Crippen LogP contribution in [-0.2, 0) is 6.42 Å². The monoisotopic (exact) mass is 268 g/mol. The first kappa shape index (κ1) is 14.6. The van der Waals surface area contributed by atoms with E-state index in [1.165, 1.54) is 11.3 Å². The molecule has 0 saturated carbocycles. The SMILES string of the molecule is C[C@@H](CN(C)CCc1ccccc1)Nc1ccccc1. The van der Waals surface area contributed by atoms with Gasteiger partial charge in [-0.3, -0.25) is 0 Å². The van der Waals surface area contributed by atoms with E-state index < -0.39 is 0 Å². The molecule has 0 aromatic heterocycles. The lowest BCUT2D eigenvalue weighted by Crippen LogP contribution is -2.33. The summed E-state index contributed by atoms with van der Waals surface area (Å²) in [7, 11) is 2.19. The number of nitrogens with zero attached hydrogens (tertiary/aromatic N) is 1. The van der Waals surface area contributed by atoms with Crippen LogP contribution in [0.4, 0.5) is 5.69 Å². The van der Waals surface area contributed by atoms with Gasteiger partial charge in [-0.2, -0.15) is 0 Å². The van der Waals surface area contributed by atoms with Crippen LogP contribution in [-0.4, -0.2) is 31.1 Å². The molecule has 2 heteroatoms. The normalized spacial score (nSPS) is 12.3. The molecule has 2 aromatic carbocycles. The van der Waals surface area contributed by atoms with Gasteiger partial charge in [0.25, 0.3) is 0 Å². The Morgan fingerprint density at radius 3 is 2.20 bits per heavy atom. The van der Waals surface area contributed by atoms with Crippen molar-refractivity contribution < 1.29 is 0 Å². The van der Waals surface area contributed by atoms with Crippen LogP contribution in [0.2, 0.25) is 0 Å². The zero-order valence-electron chi connectivity index (χ0n) is 12.4. The van der Waals surface area contributed by atoms with Crippen molar-refractivity contribution in [3.8, 4) is 0 Å². The van der Waals surface area contributed by atoms with Gasteiger partial charge in [0.1, 0.15) is 0 Å². The minimum Gasteiger partial charge on any atom is -0.381 e. The molecule has 0 bridgehead atoms. The Kier molecular flexibility index (Phi) is 5.63. The van der Waals surface area contributed by atoms with Gasteiger partial charge in [0.2, 0.25) is 0 Å². The number of anilines is 1. The highest BCUT2D eigenvalue weighted by Gasteiger charge is 2.06. The molecule has 106 valence electrons. The molecule has 2 nitrogen and oxygen atoms in total. The number of benzene rings is 2. The van der Waals surface area contributed by atoms with Crippen molar-refractivity contribution >= 4 is 5.69 Å². The fraction of sp³-hybridized carbons (Fsp3) is 0.333. The summed E-state index contributed by atoms with van der Waals surface area (Å²) >= 11 is 0. The summed E-state index contributed by atoms with van der Waals surface area (Å²) in [5.41, 5.74) is 2.60. The third kappa shape index (κ3) is 5.06. The van der Waals surface area contributed by atoms with Gasteiger partial charge in [-0.15, -0.1) is 0 Å². The van der Waals surface area contributed by atoms with Gasteiger partial charge in [-0.1, -0.05) is 48.5 Å². The quantitative estimate of drug-likeness (QED) is 0.824. The van der Waals surface area contributed by atoms with Gasteiger partial charge in [0, 0.05) is 24.8 Å². The third-order valence-corrected chi connectivity index (χ3v) is 3.40. The van der Waals surface area contributed by atoms with Crippen molar-refractivity contribution in [2.24, 2.45) is 0 Å². The van der Waals surface area contributed by atoms with E-state index in [2.05, 4.69) is 78.8 Å². The van der Waals surface area contributed by atoms with E-state index in [4.69, 9.17) is 0 Å². The van der Waals surface area contributed by atoms with Crippen molar-refractivity contribution in [3.63, 3.8) is 0 Å². The molecule has 0 aliphatic heterocycles. The molecule has 0 amide bonds. The summed E-state index contributed by atoms with van der Waals surface area (Å²) in [5, 5.41) is 3.53. The van der Waals surface area contributed by atoms with Crippen LogP contribution in [0.1, 0.15) is 12.5 Å². The van der Waals surface area contributed by atoms with E-state index in [9.17, 15) is 0 Å². The molecule has 1 N–H and O–H groups in total. The number of nitrogens with one attached hydrogen (secondary N) is 1. The van der Waals surface area contributed by atoms with Gasteiger partial charge >= 0.3 is 0 Å². The van der Waals surface area contributed by atoms with E-state index >= 15 is 0 Å². The lowest BCUT2D eigenvalue weighted by Gasteiger charge is -2.23. The third-order valence-electron chi connectivity index (χ3n) is 3.40. The maximum Gasteiger partial charge on any atom is 0.0360 e. The predicted molar refractivity (Wildman–Crippen MR) is 87.2 cm³/mol. The Morgan fingerprint density at radius 1 is 0.950 bits per heavy atom. The number of hydrogen-bond acceptors (Lipinski definition) is 2. The highest BCUT2D eigenvalue weighted by atomic mass is 15.1. The maximum atomic E-state index is 3.53. The number of para-hydroxylation sites is 1. The van der Waals surface area contributed by atoms with Gasteiger partial charge in [-0.25, -0.2) is 0 Å². The van der Waals surface area contributed by atoms with Gasteiger partial charge in [0.05, 0.1) is 0 Å². The van der Waals surface area contributed by atoms with Crippen LogP contribution < -0.4 is 5.32 Å². The second kappa shape index (κ2) is 7.71. The molecule has 2 aromatic rings. The van der Waals surface area contributed by atoms with E-state index in [1.54, 1.807) is 0 Å². The van der Waals surface area contributed by atoms with Gasteiger partial charge in [-0.05, 0) is 38.1 Å². The van der Waals surface area contributed by atoms with E-state index in [1.807, 2.05) is 6.07 Å². The second-order valence-corrected chi connectivity index (χ2v) is 5.41. The van der Waals surface area contributed by atoms with Crippen molar-refractivity contribution in [1.82, 2.24) is 4.90 Å². The first-order valence-corrected chi connectivity index (χ1v) is 7.28. The maximum absolute atomic E-state index is 3.53. The molecule has 0 radical (unpaired) electrons. The van der Waals surface area contributed by atoms with Crippen LogP contribution in [0.3, 0.4) is 0 Å². The largest absolute Gasteiger partial charge is 0.381 e. The van der Waals surface area contributed by atoms with Crippen molar-refractivity contribution in [1.29, 1.82) is 0 Å². The Hall–Kier alpha value is -1.80. The molecular formula is C18H24N2. The summed E-state index contributed by atoms with van der Waals surface area (Å²) < 4.78 is 0. The molecule has 0 fully saturated rings. The molecule has 2 rings (SSSR count). The van der Waals surface area contributed by atoms with E-state index in [0.717, 1.165) is 19.5 Å². The highest BCUT2D eigenvalue weighted by molar-refractivity contribution is 5.43. The van der Waals surface area contributed by atoms with Gasteiger partial charge in [0.15, 0.2) is 0 Å². The smallest absolute Gasteiger partial charge is 0.0360 e. The Bertz CT molecular complexity index is 481. The first-order valence-electron chi connectivity index (χ1n) is 7.28. The Labute approximate surface area is 122 Å². The first-order chi connectivity index (χ1) is 9.74. The molecule has 0 saturated heterocycles. The second-order valence-electron chi connectivity index (χ2n) is 5.41. The molecule has 0 aliphatic carbocycles. The molecular weight excluding hydrogens is 244 g/mol. The fourth-order valence-electron chi connectivity index (χ4n) is 2.39. The standard InChI is InChI=1S/C18H24N2/c1-16(19-18-11-7-4-8-12-18)15-20(2)14-13-17-9-5-3-6-10-17/h3-12,16,19H,13-15H2,1-2H3/t16-/m0/s1. The summed E-state index contributed by atoms with van der Waals surface area (Å²) in [4.78, 5) is 2.38. The molecule has 0 aliphatic rings. The Morgan fingerprint density at radius 2 is 1.55 bits per heavy atom. The summed E-state index contributed by atoms with van der Waals surface area (Å²) in [6, 6.07) is 21.5. The fourth-order valence-corrected chi connectivity index (χ4v) is 2.39. The number of rotatable bonds is 7. The van der Waals surface area contributed by atoms with Crippen LogP contribution in [0.25, 0.3) is 0 Å². The minimum atomic E-state index is 0.443. The van der Waals surface area contributed by atoms with E-state index in [-0.39, 0.29) is 0 Å². The summed E-state index contributed by atoms with van der Waals surface area (Å²) in [6.45, 7) is 4.36. The summed E-state index contributed by atoms with van der Waals surface area (Å²) in [6.07, 6.45) is 1.11. The highest BCUT2D eigenvalue weighted by Crippen LogP contribution is 2.08. The van der Waals surface area contributed by atoms with Crippen LogP contribution >= 0.6 is 0 Å². The summed E-state index contributed by atoms with van der Waals surface area (Å²) in [5.74, 6) is 0. The van der Waals surface area contributed by atoms with Crippen molar-refractivity contribution in [2.45, 2.75) is 19.4 Å². The van der Waals surface area contributed by atoms with Crippen LogP contribution in [0, 0.1) is 0 Å². The van der Waals surface area contributed by atoms with Gasteiger partial charge < -0.3 is 10.2 Å². The van der Waals surface area contributed by atoms with Crippen molar-refractivity contribution in [3.05, 3.63) is 66.2 Å². The van der Waals surface area contributed by atoms with Crippen molar-refractivity contribution in [2.75, 3.05) is 25.5 Å². The average Bonchev–Trinajstić information content (AvgIpc) is 2.47. The average molecular weight is 268 g/mol. The van der Waals surface area contributed by atoms with Crippen LogP contribution in [0.15, 0.2) is 60.7 Å². The predicted octanol–water partition coefficient (Wildman–Crippen LogP) is 3.66. The molecule has 20 heavy (non-hydrogen) atoms. The zero-order chi connectivity index (χ0) is 14.2. The topological polar surface area (TPSA) is 15.3 Å². The number of hydrogen-bond donors (Lipinski definition) is 1.